The smallest absolute Gasteiger partial charge is 0.243 e. The van der Waals surface area contributed by atoms with Crippen LogP contribution in [0.2, 0.25) is 0 Å². The molecule has 7 nitrogen and oxygen atoms in total. The first-order chi connectivity index (χ1) is 13.8. The van der Waals surface area contributed by atoms with Gasteiger partial charge < -0.3 is 9.64 Å². The second kappa shape index (κ2) is 7.98. The Kier molecular flexibility index (Phi) is 5.72. The number of rotatable bonds is 4. The van der Waals surface area contributed by atoms with E-state index in [0.29, 0.717) is 31.1 Å². The first kappa shape index (κ1) is 20.8. The van der Waals surface area contributed by atoms with Gasteiger partial charge in [0, 0.05) is 39.8 Å². The van der Waals surface area contributed by atoms with Crippen LogP contribution < -0.4 is 0 Å². The van der Waals surface area contributed by atoms with Gasteiger partial charge in [-0.1, -0.05) is 18.2 Å². The Balaban J connectivity index is 1.34. The van der Waals surface area contributed by atoms with Gasteiger partial charge in [-0.3, -0.25) is 9.69 Å². The zero-order chi connectivity index (χ0) is 20.6. The summed E-state index contributed by atoms with van der Waals surface area (Å²) in [4.78, 5) is 16.3. The van der Waals surface area contributed by atoms with Crippen molar-refractivity contribution in [2.45, 2.75) is 37.2 Å². The first-order valence-electron chi connectivity index (χ1n) is 10.4. The number of benzene rings is 1. The van der Waals surface area contributed by atoms with Crippen LogP contribution >= 0.6 is 0 Å². The van der Waals surface area contributed by atoms with E-state index >= 15 is 0 Å². The molecule has 3 aliphatic heterocycles. The van der Waals surface area contributed by atoms with Crippen molar-refractivity contribution in [1.29, 1.82) is 0 Å². The average molecular weight is 422 g/mol. The summed E-state index contributed by atoms with van der Waals surface area (Å²) in [6.07, 6.45) is 2.74. The van der Waals surface area contributed by atoms with E-state index in [1.165, 1.54) is 0 Å². The fourth-order valence-corrected chi connectivity index (χ4v) is 6.46. The van der Waals surface area contributed by atoms with Gasteiger partial charge in [-0.25, -0.2) is 8.42 Å². The van der Waals surface area contributed by atoms with Crippen molar-refractivity contribution in [3.05, 3.63) is 29.8 Å². The molecule has 1 aromatic carbocycles. The van der Waals surface area contributed by atoms with Gasteiger partial charge in [-0.05, 0) is 43.2 Å². The SMILES string of the molecule is Cc1ccccc1S(=O)(=O)N1CCC2(CC1)COC(CN1CCN(C)C(=O)C1)C2. The molecule has 4 rings (SSSR count). The number of hydrogen-bond donors (Lipinski definition) is 0. The van der Waals surface area contributed by atoms with Crippen LogP contribution in [-0.4, -0.2) is 87.5 Å². The number of nitrogens with zero attached hydrogens (tertiary/aromatic N) is 3. The highest BCUT2D eigenvalue weighted by Crippen LogP contribution is 2.43. The average Bonchev–Trinajstić information content (AvgIpc) is 3.07. The molecule has 3 aliphatic rings. The van der Waals surface area contributed by atoms with Crippen LogP contribution in [0.3, 0.4) is 0 Å². The summed E-state index contributed by atoms with van der Waals surface area (Å²) < 4.78 is 33.8. The van der Waals surface area contributed by atoms with Crippen LogP contribution in [-0.2, 0) is 19.6 Å². The van der Waals surface area contributed by atoms with Gasteiger partial charge in [0.05, 0.1) is 24.2 Å². The molecule has 8 heteroatoms. The lowest BCUT2D eigenvalue weighted by Crippen LogP contribution is -2.50. The third-order valence-corrected chi connectivity index (χ3v) is 8.84. The lowest BCUT2D eigenvalue weighted by atomic mass is 9.77. The van der Waals surface area contributed by atoms with E-state index in [2.05, 4.69) is 4.90 Å². The van der Waals surface area contributed by atoms with Gasteiger partial charge in [-0.15, -0.1) is 0 Å². The summed E-state index contributed by atoms with van der Waals surface area (Å²) >= 11 is 0. The quantitative estimate of drug-likeness (QED) is 0.734. The normalized spacial score (nSPS) is 26.3. The van der Waals surface area contributed by atoms with Crippen LogP contribution in [0.4, 0.5) is 0 Å². The molecule has 1 aromatic rings. The van der Waals surface area contributed by atoms with Crippen molar-refractivity contribution in [2.24, 2.45) is 5.41 Å². The highest BCUT2D eigenvalue weighted by molar-refractivity contribution is 7.89. The van der Waals surface area contributed by atoms with Gasteiger partial charge in [0.25, 0.3) is 0 Å². The minimum Gasteiger partial charge on any atom is -0.376 e. The number of carbonyl (C=O) groups excluding carboxylic acids is 1. The zero-order valence-electron chi connectivity index (χ0n) is 17.3. The Labute approximate surface area is 173 Å². The number of aryl methyl sites for hydroxylation is 1. The predicted octanol–water partition coefficient (Wildman–Crippen LogP) is 1.33. The Hall–Kier alpha value is -1.48. The van der Waals surface area contributed by atoms with Gasteiger partial charge in [0.15, 0.2) is 0 Å². The molecular weight excluding hydrogens is 390 g/mol. The monoisotopic (exact) mass is 421 g/mol. The molecule has 160 valence electrons. The van der Waals surface area contributed by atoms with Crippen LogP contribution in [0, 0.1) is 12.3 Å². The molecule has 3 saturated heterocycles. The second-order valence-corrected chi connectivity index (χ2v) is 10.8. The maximum absolute atomic E-state index is 13.0. The van der Waals surface area contributed by atoms with Crippen molar-refractivity contribution >= 4 is 15.9 Å². The lowest BCUT2D eigenvalue weighted by Gasteiger charge is -2.38. The van der Waals surface area contributed by atoms with E-state index in [9.17, 15) is 13.2 Å². The summed E-state index contributed by atoms with van der Waals surface area (Å²) in [6, 6.07) is 7.19. The molecule has 0 aliphatic carbocycles. The van der Waals surface area contributed by atoms with Crippen molar-refractivity contribution in [3.63, 3.8) is 0 Å². The van der Waals surface area contributed by atoms with Crippen molar-refractivity contribution in [1.82, 2.24) is 14.1 Å². The molecule has 1 unspecified atom stereocenters. The molecule has 1 atom stereocenters. The topological polar surface area (TPSA) is 70.2 Å². The zero-order valence-corrected chi connectivity index (χ0v) is 18.2. The van der Waals surface area contributed by atoms with E-state index in [4.69, 9.17) is 4.74 Å². The minimum absolute atomic E-state index is 0.0685. The van der Waals surface area contributed by atoms with Crippen LogP contribution in [0.15, 0.2) is 29.2 Å². The molecule has 29 heavy (non-hydrogen) atoms. The Morgan fingerprint density at radius 3 is 2.55 bits per heavy atom. The largest absolute Gasteiger partial charge is 0.376 e. The van der Waals surface area contributed by atoms with Gasteiger partial charge in [0.1, 0.15) is 0 Å². The van der Waals surface area contributed by atoms with Crippen molar-refractivity contribution < 1.29 is 17.9 Å². The Morgan fingerprint density at radius 1 is 1.14 bits per heavy atom. The van der Waals surface area contributed by atoms with Crippen LogP contribution in [0.1, 0.15) is 24.8 Å². The third kappa shape index (κ3) is 4.21. The highest BCUT2D eigenvalue weighted by Gasteiger charge is 2.45. The molecule has 3 heterocycles. The van der Waals surface area contributed by atoms with E-state index in [1.807, 2.05) is 26.1 Å². The Morgan fingerprint density at radius 2 is 1.86 bits per heavy atom. The molecule has 1 amide bonds. The maximum Gasteiger partial charge on any atom is 0.243 e. The molecule has 0 radical (unpaired) electrons. The van der Waals surface area contributed by atoms with Gasteiger partial charge in [0.2, 0.25) is 15.9 Å². The number of carbonyl (C=O) groups is 1. The maximum atomic E-state index is 13.0. The molecule has 0 N–H and O–H groups in total. The number of likely N-dealkylation sites (N-methyl/N-ethyl adjacent to an activating group) is 1. The second-order valence-electron chi connectivity index (χ2n) is 8.86. The summed E-state index contributed by atoms with van der Waals surface area (Å²) in [7, 11) is -1.60. The molecular formula is C21H31N3O4S. The van der Waals surface area contributed by atoms with E-state index in [1.54, 1.807) is 21.3 Å². The van der Waals surface area contributed by atoms with Crippen LogP contribution in [0.5, 0.6) is 0 Å². The number of ether oxygens (including phenoxy) is 1. The summed E-state index contributed by atoms with van der Waals surface area (Å²) in [5.74, 6) is 0.165. The molecule has 3 fully saturated rings. The summed E-state index contributed by atoms with van der Waals surface area (Å²) in [5, 5.41) is 0. The Bertz CT molecular complexity index is 864. The third-order valence-electron chi connectivity index (χ3n) is 6.78. The highest BCUT2D eigenvalue weighted by atomic mass is 32.2. The fraction of sp³-hybridized carbons (Fsp3) is 0.667. The number of hydrogen-bond acceptors (Lipinski definition) is 5. The minimum atomic E-state index is -3.44. The number of amides is 1. The first-order valence-corrected chi connectivity index (χ1v) is 11.9. The molecule has 0 bridgehead atoms. The van der Waals surface area contributed by atoms with Crippen molar-refractivity contribution in [2.75, 3.05) is 52.9 Å². The predicted molar refractivity (Wildman–Crippen MR) is 110 cm³/mol. The summed E-state index contributed by atoms with van der Waals surface area (Å²) in [6.45, 7) is 6.52. The van der Waals surface area contributed by atoms with E-state index in [-0.39, 0.29) is 17.4 Å². The molecule has 1 spiro atoms. The van der Waals surface area contributed by atoms with Gasteiger partial charge >= 0.3 is 0 Å². The molecule has 0 saturated carbocycles. The molecule has 0 aromatic heterocycles. The van der Waals surface area contributed by atoms with E-state index < -0.39 is 10.0 Å². The van der Waals surface area contributed by atoms with E-state index in [0.717, 1.165) is 44.5 Å². The lowest BCUT2D eigenvalue weighted by molar-refractivity contribution is -0.134. The number of piperidine rings is 1. The standard InChI is InChI=1S/C21H31N3O4S/c1-17-5-3-4-6-19(17)29(26,27)24-9-7-21(8-10-24)13-18(28-16-21)14-23-12-11-22(2)20(25)15-23/h3-6,18H,7-16H2,1-2H3. The van der Waals surface area contributed by atoms with Crippen LogP contribution in [0.25, 0.3) is 0 Å². The number of sulfonamides is 1. The fourth-order valence-electron chi connectivity index (χ4n) is 4.80. The number of piperazine rings is 1. The van der Waals surface area contributed by atoms with Crippen molar-refractivity contribution in [3.8, 4) is 0 Å². The van der Waals surface area contributed by atoms with Gasteiger partial charge in [-0.2, -0.15) is 4.31 Å². The summed E-state index contributed by atoms with van der Waals surface area (Å²) in [5.41, 5.74) is 0.859.